The average molecular weight is 417 g/mol. The maximum Gasteiger partial charge on any atom is 0.282 e. The summed E-state index contributed by atoms with van der Waals surface area (Å²) in [6.45, 7) is 4.24. The number of rotatable bonds is 8. The molecular weight excluding hydrogens is 398 g/mol. The van der Waals surface area contributed by atoms with Crippen LogP contribution in [0.1, 0.15) is 25.1 Å². The van der Waals surface area contributed by atoms with Crippen molar-refractivity contribution < 1.29 is 13.8 Å². The van der Waals surface area contributed by atoms with Crippen molar-refractivity contribution in [1.29, 1.82) is 0 Å². The Morgan fingerprint density at radius 3 is 2.79 bits per heavy atom. The Bertz CT molecular complexity index is 1030. The van der Waals surface area contributed by atoms with Crippen LogP contribution >= 0.6 is 22.9 Å². The van der Waals surface area contributed by atoms with Crippen LogP contribution in [0, 0.1) is 0 Å². The topological polar surface area (TPSA) is 82.3 Å². The molecule has 1 N–H and O–H groups in total. The molecule has 0 aliphatic heterocycles. The van der Waals surface area contributed by atoms with Gasteiger partial charge in [-0.2, -0.15) is 4.98 Å². The van der Waals surface area contributed by atoms with Gasteiger partial charge in [-0.1, -0.05) is 41.9 Å². The van der Waals surface area contributed by atoms with Crippen LogP contribution in [-0.4, -0.2) is 26.9 Å². The molecule has 0 amide bonds. The predicted molar refractivity (Wildman–Crippen MR) is 106 cm³/mol. The molecule has 0 saturated carbocycles. The molecule has 0 aliphatic carbocycles. The van der Waals surface area contributed by atoms with E-state index in [9.17, 15) is 0 Å². The van der Waals surface area contributed by atoms with E-state index in [2.05, 4.69) is 27.3 Å². The van der Waals surface area contributed by atoms with Gasteiger partial charge in [-0.15, -0.1) is 21.5 Å². The van der Waals surface area contributed by atoms with Gasteiger partial charge in [0.25, 0.3) is 17.7 Å². The fraction of sp³-hybridized carbons (Fsp3) is 0.263. The molecule has 3 heterocycles. The Kier molecular flexibility index (Phi) is 5.80. The van der Waals surface area contributed by atoms with E-state index in [1.54, 1.807) is 11.3 Å². The highest BCUT2D eigenvalue weighted by molar-refractivity contribution is 7.13. The predicted octanol–water partition coefficient (Wildman–Crippen LogP) is 3.50. The van der Waals surface area contributed by atoms with Gasteiger partial charge in [0.1, 0.15) is 0 Å². The highest BCUT2D eigenvalue weighted by atomic mass is 35.5. The zero-order valence-electron chi connectivity index (χ0n) is 15.3. The smallest absolute Gasteiger partial charge is 0.282 e. The fourth-order valence-corrected chi connectivity index (χ4v) is 3.75. The molecule has 0 aliphatic rings. The van der Waals surface area contributed by atoms with Crippen LogP contribution in [0.4, 0.5) is 0 Å². The van der Waals surface area contributed by atoms with E-state index in [4.69, 9.17) is 20.5 Å². The van der Waals surface area contributed by atoms with Crippen molar-refractivity contribution in [3.05, 3.63) is 58.6 Å². The number of thiophene rings is 1. The van der Waals surface area contributed by atoms with Crippen LogP contribution in [0.2, 0.25) is 5.02 Å². The van der Waals surface area contributed by atoms with Crippen molar-refractivity contribution in [1.82, 2.24) is 20.3 Å². The molecule has 0 spiro atoms. The number of benzene rings is 1. The molecule has 7 nitrogen and oxygen atoms in total. The SMILES string of the molecule is CCC[NH+](Cc1nc(-c2cccc(Cl)c2)no1)Cc1nnc(-c2cccs2)o1. The average Bonchev–Trinajstić information content (AvgIpc) is 3.44. The van der Waals surface area contributed by atoms with Gasteiger partial charge in [-0.05, 0) is 30.0 Å². The third kappa shape index (κ3) is 4.46. The van der Waals surface area contributed by atoms with Crippen LogP contribution in [0.5, 0.6) is 0 Å². The second kappa shape index (κ2) is 8.64. The minimum Gasteiger partial charge on any atom is -0.414 e. The van der Waals surface area contributed by atoms with Crippen LogP contribution in [0.3, 0.4) is 0 Å². The van der Waals surface area contributed by atoms with Crippen LogP contribution in [0.15, 0.2) is 50.7 Å². The van der Waals surface area contributed by atoms with Gasteiger partial charge in [0.15, 0.2) is 13.1 Å². The number of halogens is 1. The number of aromatic nitrogens is 4. The summed E-state index contributed by atoms with van der Waals surface area (Å²) < 4.78 is 11.3. The first-order valence-corrected chi connectivity index (χ1v) is 10.3. The molecule has 0 radical (unpaired) electrons. The second-order valence-electron chi connectivity index (χ2n) is 6.35. The molecule has 1 aromatic carbocycles. The Balaban J connectivity index is 1.45. The quantitative estimate of drug-likeness (QED) is 0.473. The van der Waals surface area contributed by atoms with Gasteiger partial charge < -0.3 is 13.8 Å². The van der Waals surface area contributed by atoms with E-state index < -0.39 is 0 Å². The molecule has 4 aromatic rings. The summed E-state index contributed by atoms with van der Waals surface area (Å²) in [6, 6.07) is 11.3. The van der Waals surface area contributed by atoms with E-state index in [1.165, 1.54) is 4.90 Å². The highest BCUT2D eigenvalue weighted by Crippen LogP contribution is 2.23. The monoisotopic (exact) mass is 416 g/mol. The number of nitrogens with zero attached hydrogens (tertiary/aromatic N) is 4. The standard InChI is InChI=1S/C19H18ClN5O2S/c1-2-8-25(12-17-22-23-19(26-17)15-7-4-9-28-15)11-16-21-18(24-27-16)13-5-3-6-14(20)10-13/h3-7,9-10H,2,8,11-12H2,1H3/p+1. The minimum atomic E-state index is 0.533. The van der Waals surface area contributed by atoms with Crippen molar-refractivity contribution in [2.45, 2.75) is 26.4 Å². The third-order valence-corrected chi connectivity index (χ3v) is 5.25. The molecule has 28 heavy (non-hydrogen) atoms. The summed E-state index contributed by atoms with van der Waals surface area (Å²) >= 11 is 7.62. The first-order chi connectivity index (χ1) is 13.7. The summed E-state index contributed by atoms with van der Waals surface area (Å²) in [7, 11) is 0. The largest absolute Gasteiger partial charge is 0.414 e. The third-order valence-electron chi connectivity index (χ3n) is 4.16. The van der Waals surface area contributed by atoms with Gasteiger partial charge in [0, 0.05) is 10.6 Å². The summed E-state index contributed by atoms with van der Waals surface area (Å²) in [4.78, 5) is 6.69. The van der Waals surface area contributed by atoms with E-state index in [-0.39, 0.29) is 0 Å². The molecule has 1 atom stereocenters. The summed E-state index contributed by atoms with van der Waals surface area (Å²) in [6.07, 6.45) is 1.01. The Hall–Kier alpha value is -2.55. The van der Waals surface area contributed by atoms with E-state index in [0.717, 1.165) is 23.4 Å². The number of quaternary nitrogens is 1. The molecule has 0 saturated heterocycles. The molecular formula is C19H19ClN5O2S+. The van der Waals surface area contributed by atoms with E-state index in [0.29, 0.717) is 41.6 Å². The fourth-order valence-electron chi connectivity index (χ4n) is 2.92. The molecule has 4 rings (SSSR count). The van der Waals surface area contributed by atoms with Crippen LogP contribution in [-0.2, 0) is 13.1 Å². The Morgan fingerprint density at radius 2 is 2.00 bits per heavy atom. The van der Waals surface area contributed by atoms with Gasteiger partial charge in [-0.3, -0.25) is 0 Å². The van der Waals surface area contributed by atoms with E-state index in [1.807, 2.05) is 41.8 Å². The lowest BCUT2D eigenvalue weighted by atomic mass is 10.2. The molecule has 1 unspecified atom stereocenters. The first-order valence-electron chi connectivity index (χ1n) is 8.99. The molecule has 0 bridgehead atoms. The van der Waals surface area contributed by atoms with E-state index >= 15 is 0 Å². The minimum absolute atomic E-state index is 0.533. The number of hydrogen-bond acceptors (Lipinski definition) is 7. The molecule has 9 heteroatoms. The first kappa shape index (κ1) is 18.8. The Labute approximate surface area is 171 Å². The van der Waals surface area contributed by atoms with Crippen molar-refractivity contribution >= 4 is 22.9 Å². The lowest BCUT2D eigenvalue weighted by molar-refractivity contribution is -0.930. The maximum atomic E-state index is 6.04. The summed E-state index contributed by atoms with van der Waals surface area (Å²) in [5.74, 6) is 2.26. The van der Waals surface area contributed by atoms with Gasteiger partial charge in [0.2, 0.25) is 5.82 Å². The van der Waals surface area contributed by atoms with Gasteiger partial charge in [0.05, 0.1) is 11.4 Å². The molecule has 3 aromatic heterocycles. The summed E-state index contributed by atoms with van der Waals surface area (Å²) in [5, 5.41) is 15.0. The maximum absolute atomic E-state index is 6.04. The number of hydrogen-bond donors (Lipinski definition) is 1. The normalized spacial score (nSPS) is 12.4. The lowest BCUT2D eigenvalue weighted by Crippen LogP contribution is -3.09. The Morgan fingerprint density at radius 1 is 1.11 bits per heavy atom. The van der Waals surface area contributed by atoms with Gasteiger partial charge >= 0.3 is 0 Å². The number of nitrogens with one attached hydrogen (secondary N) is 1. The van der Waals surface area contributed by atoms with Crippen molar-refractivity contribution in [3.8, 4) is 22.2 Å². The summed E-state index contributed by atoms with van der Waals surface area (Å²) in [5.41, 5.74) is 0.831. The second-order valence-corrected chi connectivity index (χ2v) is 7.74. The zero-order chi connectivity index (χ0) is 19.3. The van der Waals surface area contributed by atoms with Gasteiger partial charge in [-0.25, -0.2) is 0 Å². The molecule has 0 fully saturated rings. The van der Waals surface area contributed by atoms with Crippen LogP contribution in [0.25, 0.3) is 22.2 Å². The zero-order valence-corrected chi connectivity index (χ0v) is 16.8. The van der Waals surface area contributed by atoms with Crippen molar-refractivity contribution in [2.75, 3.05) is 6.54 Å². The van der Waals surface area contributed by atoms with Crippen molar-refractivity contribution in [3.63, 3.8) is 0 Å². The van der Waals surface area contributed by atoms with Crippen LogP contribution < -0.4 is 4.90 Å². The lowest BCUT2D eigenvalue weighted by Gasteiger charge is -2.14. The highest BCUT2D eigenvalue weighted by Gasteiger charge is 2.19. The molecule has 144 valence electrons. The van der Waals surface area contributed by atoms with Crippen molar-refractivity contribution in [2.24, 2.45) is 0 Å².